The zero-order valence-corrected chi connectivity index (χ0v) is 9.78. The Balaban J connectivity index is 2.31. The van der Waals surface area contributed by atoms with Crippen LogP contribution in [0.4, 0.5) is 0 Å². The summed E-state index contributed by atoms with van der Waals surface area (Å²) in [7, 11) is 1.80. The molecular formula is C8H12N4S2. The maximum Gasteiger partial charge on any atom is 0.169 e. The van der Waals surface area contributed by atoms with Crippen LogP contribution < -0.4 is 5.32 Å². The SMILES string of the molecule is CNC(C)(C#N)CCSc1ncns1. The fraction of sp³-hybridized carbons (Fsp3) is 0.625. The van der Waals surface area contributed by atoms with Gasteiger partial charge in [0, 0.05) is 5.75 Å². The normalized spacial score (nSPS) is 14.6. The Kier molecular flexibility index (Phi) is 4.32. The van der Waals surface area contributed by atoms with Gasteiger partial charge in [0.25, 0.3) is 0 Å². The van der Waals surface area contributed by atoms with Gasteiger partial charge in [-0.2, -0.15) is 9.64 Å². The lowest BCUT2D eigenvalue weighted by atomic mass is 10.0. The van der Waals surface area contributed by atoms with Crippen LogP contribution in [0.2, 0.25) is 0 Å². The molecule has 0 aliphatic rings. The molecule has 1 aromatic rings. The molecule has 1 heterocycles. The van der Waals surface area contributed by atoms with E-state index in [0.717, 1.165) is 16.5 Å². The van der Waals surface area contributed by atoms with Crippen molar-refractivity contribution in [3.8, 4) is 6.07 Å². The van der Waals surface area contributed by atoms with Crippen LogP contribution in [0.5, 0.6) is 0 Å². The second-order valence-corrected chi connectivity index (χ2v) is 5.12. The Morgan fingerprint density at radius 3 is 3.07 bits per heavy atom. The van der Waals surface area contributed by atoms with E-state index in [-0.39, 0.29) is 0 Å². The van der Waals surface area contributed by atoms with Crippen LogP contribution in [0.3, 0.4) is 0 Å². The van der Waals surface area contributed by atoms with E-state index in [9.17, 15) is 0 Å². The van der Waals surface area contributed by atoms with Gasteiger partial charge < -0.3 is 5.32 Å². The van der Waals surface area contributed by atoms with Crippen molar-refractivity contribution in [3.05, 3.63) is 6.33 Å². The first-order valence-corrected chi connectivity index (χ1v) is 5.96. The van der Waals surface area contributed by atoms with Crippen molar-refractivity contribution in [1.82, 2.24) is 14.7 Å². The molecular weight excluding hydrogens is 216 g/mol. The average molecular weight is 228 g/mol. The minimum absolute atomic E-state index is 0.433. The van der Waals surface area contributed by atoms with Crippen molar-refractivity contribution in [3.63, 3.8) is 0 Å². The van der Waals surface area contributed by atoms with Crippen LogP contribution >= 0.6 is 23.3 Å². The molecule has 0 aliphatic heterocycles. The number of nitriles is 1. The molecule has 0 saturated heterocycles. The van der Waals surface area contributed by atoms with E-state index in [1.165, 1.54) is 11.5 Å². The predicted octanol–water partition coefficient (Wildman–Crippen LogP) is 1.52. The smallest absolute Gasteiger partial charge is 0.169 e. The van der Waals surface area contributed by atoms with Crippen LogP contribution in [0.15, 0.2) is 10.7 Å². The first-order chi connectivity index (χ1) is 6.70. The molecule has 1 aromatic heterocycles. The lowest BCUT2D eigenvalue weighted by molar-refractivity contribution is 0.479. The van der Waals surface area contributed by atoms with Gasteiger partial charge >= 0.3 is 0 Å². The van der Waals surface area contributed by atoms with Gasteiger partial charge in [-0.05, 0) is 31.9 Å². The monoisotopic (exact) mass is 228 g/mol. The molecule has 1 unspecified atom stereocenters. The summed E-state index contributed by atoms with van der Waals surface area (Å²) < 4.78 is 4.87. The molecule has 0 amide bonds. The number of hydrogen-bond acceptors (Lipinski definition) is 6. The number of thioether (sulfide) groups is 1. The highest BCUT2D eigenvalue weighted by molar-refractivity contribution is 8.00. The van der Waals surface area contributed by atoms with E-state index < -0.39 is 5.54 Å². The fourth-order valence-corrected chi connectivity index (χ4v) is 2.48. The Morgan fingerprint density at radius 2 is 2.57 bits per heavy atom. The van der Waals surface area contributed by atoms with Crippen molar-refractivity contribution in [2.75, 3.05) is 12.8 Å². The average Bonchev–Trinajstić information content (AvgIpc) is 2.70. The summed E-state index contributed by atoms with van der Waals surface area (Å²) in [4.78, 5) is 4.05. The quantitative estimate of drug-likeness (QED) is 0.774. The molecule has 0 aromatic carbocycles. The Hall–Kier alpha value is -0.640. The molecule has 14 heavy (non-hydrogen) atoms. The molecule has 1 atom stereocenters. The standard InChI is InChI=1S/C8H12N4S2/c1-8(5-9,10-2)3-4-13-7-11-6-12-14-7/h6,10H,3-4H2,1-2H3. The van der Waals surface area contributed by atoms with E-state index in [0.29, 0.717) is 0 Å². The third kappa shape index (κ3) is 3.25. The Morgan fingerprint density at radius 1 is 1.79 bits per heavy atom. The van der Waals surface area contributed by atoms with Crippen molar-refractivity contribution in [2.45, 2.75) is 23.2 Å². The van der Waals surface area contributed by atoms with E-state index in [1.807, 2.05) is 6.92 Å². The molecule has 0 saturated carbocycles. The summed E-state index contributed by atoms with van der Waals surface area (Å²) in [5.74, 6) is 0.875. The van der Waals surface area contributed by atoms with Crippen LogP contribution in [0, 0.1) is 11.3 Å². The van der Waals surface area contributed by atoms with Gasteiger partial charge in [0.2, 0.25) is 0 Å². The van der Waals surface area contributed by atoms with Gasteiger partial charge in [0.1, 0.15) is 11.9 Å². The van der Waals surface area contributed by atoms with Crippen molar-refractivity contribution in [1.29, 1.82) is 5.26 Å². The fourth-order valence-electron chi connectivity index (χ4n) is 0.806. The summed E-state index contributed by atoms with van der Waals surface area (Å²) in [5.41, 5.74) is -0.433. The van der Waals surface area contributed by atoms with E-state index in [2.05, 4.69) is 20.7 Å². The number of nitrogens with zero attached hydrogens (tertiary/aromatic N) is 3. The van der Waals surface area contributed by atoms with Crippen LogP contribution in [0.1, 0.15) is 13.3 Å². The van der Waals surface area contributed by atoms with Gasteiger partial charge in [0.05, 0.1) is 6.07 Å². The molecule has 0 aliphatic carbocycles. The highest BCUT2D eigenvalue weighted by Gasteiger charge is 2.20. The maximum atomic E-state index is 8.90. The van der Waals surface area contributed by atoms with Gasteiger partial charge in [-0.15, -0.1) is 0 Å². The van der Waals surface area contributed by atoms with Crippen molar-refractivity contribution in [2.24, 2.45) is 0 Å². The largest absolute Gasteiger partial charge is 0.303 e. The molecule has 1 rings (SSSR count). The molecule has 0 spiro atoms. The topological polar surface area (TPSA) is 61.6 Å². The van der Waals surface area contributed by atoms with E-state index in [1.54, 1.807) is 25.1 Å². The number of hydrogen-bond donors (Lipinski definition) is 1. The highest BCUT2D eigenvalue weighted by Crippen LogP contribution is 2.21. The van der Waals surface area contributed by atoms with Crippen LogP contribution in [-0.4, -0.2) is 27.7 Å². The zero-order valence-electron chi connectivity index (χ0n) is 8.15. The van der Waals surface area contributed by atoms with E-state index >= 15 is 0 Å². The lowest BCUT2D eigenvalue weighted by Crippen LogP contribution is -2.38. The molecule has 0 bridgehead atoms. The number of nitrogens with one attached hydrogen (secondary N) is 1. The number of aromatic nitrogens is 2. The van der Waals surface area contributed by atoms with E-state index in [4.69, 9.17) is 5.26 Å². The minimum Gasteiger partial charge on any atom is -0.303 e. The maximum absolute atomic E-state index is 8.90. The summed E-state index contributed by atoms with van der Waals surface area (Å²) in [6.45, 7) is 1.90. The summed E-state index contributed by atoms with van der Waals surface area (Å²) in [6.07, 6.45) is 2.35. The first kappa shape index (κ1) is 11.4. The third-order valence-corrected chi connectivity index (χ3v) is 3.77. The second-order valence-electron chi connectivity index (χ2n) is 3.00. The van der Waals surface area contributed by atoms with Crippen molar-refractivity contribution >= 4 is 23.3 Å². The Bertz CT molecular complexity index is 306. The predicted molar refractivity (Wildman–Crippen MR) is 58.3 cm³/mol. The van der Waals surface area contributed by atoms with Crippen LogP contribution in [0.25, 0.3) is 0 Å². The minimum atomic E-state index is -0.433. The lowest BCUT2D eigenvalue weighted by Gasteiger charge is -2.19. The molecule has 1 N–H and O–H groups in total. The van der Waals surface area contributed by atoms with Gasteiger partial charge in [-0.25, -0.2) is 4.98 Å². The zero-order chi connectivity index (χ0) is 10.4. The van der Waals surface area contributed by atoms with Gasteiger partial charge in [-0.3, -0.25) is 0 Å². The third-order valence-electron chi connectivity index (χ3n) is 1.97. The molecule has 0 fully saturated rings. The molecule has 0 radical (unpaired) electrons. The Labute approximate surface area is 91.9 Å². The molecule has 4 nitrogen and oxygen atoms in total. The van der Waals surface area contributed by atoms with Gasteiger partial charge in [-0.1, -0.05) is 11.8 Å². The summed E-state index contributed by atoms with van der Waals surface area (Å²) >= 11 is 3.03. The summed E-state index contributed by atoms with van der Waals surface area (Å²) in [5, 5.41) is 11.9. The molecule has 76 valence electrons. The highest BCUT2D eigenvalue weighted by atomic mass is 32.2. The second kappa shape index (κ2) is 5.29. The van der Waals surface area contributed by atoms with Gasteiger partial charge in [0.15, 0.2) is 4.34 Å². The van der Waals surface area contributed by atoms with Crippen LogP contribution in [-0.2, 0) is 0 Å². The first-order valence-electron chi connectivity index (χ1n) is 4.20. The van der Waals surface area contributed by atoms with Crippen molar-refractivity contribution < 1.29 is 0 Å². The molecule has 6 heteroatoms. The number of rotatable bonds is 5. The summed E-state index contributed by atoms with van der Waals surface area (Å²) in [6, 6.07) is 2.25.